The molecular formula is C19H27N5O2S. The number of likely N-dealkylation sites (tertiary alicyclic amines) is 1. The third-order valence-corrected chi connectivity index (χ3v) is 5.87. The minimum atomic E-state index is 0.128. The van der Waals surface area contributed by atoms with Crippen LogP contribution in [0.25, 0.3) is 0 Å². The van der Waals surface area contributed by atoms with Crippen LogP contribution >= 0.6 is 11.8 Å². The monoisotopic (exact) mass is 389 g/mol. The maximum atomic E-state index is 12.5. The number of hydrogen-bond acceptors (Lipinski definition) is 6. The number of aryl methyl sites for hydroxylation is 2. The summed E-state index contributed by atoms with van der Waals surface area (Å²) >= 11 is 1.32. The molecule has 1 atom stereocenters. The second-order valence-corrected chi connectivity index (χ2v) is 7.94. The average Bonchev–Trinajstić information content (AvgIpc) is 2.99. The average molecular weight is 390 g/mol. The van der Waals surface area contributed by atoms with Crippen molar-refractivity contribution < 1.29 is 9.53 Å². The fourth-order valence-electron chi connectivity index (χ4n) is 3.35. The molecule has 2 N–H and O–H groups in total. The molecule has 27 heavy (non-hydrogen) atoms. The van der Waals surface area contributed by atoms with Gasteiger partial charge in [-0.1, -0.05) is 30.0 Å². The lowest BCUT2D eigenvalue weighted by molar-refractivity contribution is -0.131. The van der Waals surface area contributed by atoms with Gasteiger partial charge in [-0.05, 0) is 51.2 Å². The highest BCUT2D eigenvalue weighted by Gasteiger charge is 2.24. The smallest absolute Gasteiger partial charge is 0.233 e. The topological polar surface area (TPSA) is 86.3 Å². The van der Waals surface area contributed by atoms with E-state index in [0.29, 0.717) is 22.8 Å². The number of aromatic nitrogens is 3. The van der Waals surface area contributed by atoms with E-state index in [1.54, 1.807) is 0 Å². The third kappa shape index (κ3) is 4.55. The molecule has 1 aromatic heterocycles. The number of thioether (sulfide) groups is 1. The zero-order chi connectivity index (χ0) is 19.4. The predicted octanol–water partition coefficient (Wildman–Crippen LogP) is 2.68. The van der Waals surface area contributed by atoms with Crippen LogP contribution in [0.4, 0.5) is 0 Å². The number of rotatable bonds is 6. The van der Waals surface area contributed by atoms with Gasteiger partial charge in [0.15, 0.2) is 5.82 Å². The van der Waals surface area contributed by atoms with Crippen LogP contribution in [-0.2, 0) is 11.4 Å². The predicted molar refractivity (Wildman–Crippen MR) is 106 cm³/mol. The minimum Gasteiger partial charge on any atom is -0.485 e. The molecule has 146 valence electrons. The number of nitrogen functional groups attached to an aromatic ring is 1. The number of ether oxygens (including phenoxy) is 1. The van der Waals surface area contributed by atoms with Crippen LogP contribution in [0.2, 0.25) is 0 Å². The second-order valence-electron chi connectivity index (χ2n) is 7.00. The van der Waals surface area contributed by atoms with Crippen LogP contribution in [-0.4, -0.2) is 44.0 Å². The number of benzene rings is 1. The van der Waals surface area contributed by atoms with Gasteiger partial charge < -0.3 is 15.5 Å². The van der Waals surface area contributed by atoms with Crippen molar-refractivity contribution in [3.63, 3.8) is 0 Å². The van der Waals surface area contributed by atoms with Gasteiger partial charge in [-0.3, -0.25) is 4.79 Å². The molecule has 0 bridgehead atoms. The van der Waals surface area contributed by atoms with Gasteiger partial charge in [0, 0.05) is 12.6 Å². The van der Waals surface area contributed by atoms with Gasteiger partial charge in [-0.25, -0.2) is 4.68 Å². The van der Waals surface area contributed by atoms with Gasteiger partial charge in [-0.15, -0.1) is 10.2 Å². The molecule has 0 aliphatic carbocycles. The number of carbonyl (C=O) groups excluding carboxylic acids is 1. The van der Waals surface area contributed by atoms with Gasteiger partial charge in [-0.2, -0.15) is 0 Å². The Hall–Kier alpha value is -2.22. The number of carbonyl (C=O) groups is 1. The molecule has 0 radical (unpaired) electrons. The van der Waals surface area contributed by atoms with Crippen LogP contribution in [0.1, 0.15) is 43.1 Å². The van der Waals surface area contributed by atoms with Gasteiger partial charge in [0.1, 0.15) is 12.4 Å². The first kappa shape index (κ1) is 19.5. The number of nitrogens with two attached hydrogens (primary N) is 1. The lowest BCUT2D eigenvalue weighted by Crippen LogP contribution is -2.43. The van der Waals surface area contributed by atoms with E-state index < -0.39 is 0 Å². The lowest BCUT2D eigenvalue weighted by Gasteiger charge is -2.33. The molecule has 1 amide bonds. The number of piperidine rings is 1. The van der Waals surface area contributed by atoms with Crippen molar-refractivity contribution in [2.75, 3.05) is 18.1 Å². The Morgan fingerprint density at radius 3 is 2.74 bits per heavy atom. The fraction of sp³-hybridized carbons (Fsp3) is 0.526. The van der Waals surface area contributed by atoms with Crippen molar-refractivity contribution in [2.24, 2.45) is 0 Å². The largest absolute Gasteiger partial charge is 0.485 e. The molecule has 1 unspecified atom stereocenters. The van der Waals surface area contributed by atoms with E-state index in [-0.39, 0.29) is 12.5 Å². The van der Waals surface area contributed by atoms with Gasteiger partial charge in [0.2, 0.25) is 11.1 Å². The Kier molecular flexibility index (Phi) is 6.26. The molecule has 2 heterocycles. The van der Waals surface area contributed by atoms with Gasteiger partial charge in [0.25, 0.3) is 0 Å². The SMILES string of the molecule is Cc1cccc(C)c1OCc1nnc(SCC(=O)N2CCCCC2C)n1N. The van der Waals surface area contributed by atoms with Crippen molar-refractivity contribution in [1.29, 1.82) is 0 Å². The Labute approximate surface area is 164 Å². The van der Waals surface area contributed by atoms with Crippen molar-refractivity contribution >= 4 is 17.7 Å². The molecule has 3 rings (SSSR count). The van der Waals surface area contributed by atoms with Crippen molar-refractivity contribution in [3.05, 3.63) is 35.2 Å². The standard InChI is InChI=1S/C19H27N5O2S/c1-13-7-6-8-14(2)18(13)26-11-16-21-22-19(24(16)20)27-12-17(25)23-10-5-4-9-15(23)3/h6-8,15H,4-5,9-12,20H2,1-3H3. The number of para-hydroxylation sites is 1. The first-order valence-corrected chi connectivity index (χ1v) is 10.3. The Balaban J connectivity index is 1.58. The lowest BCUT2D eigenvalue weighted by atomic mass is 10.0. The Morgan fingerprint density at radius 1 is 1.30 bits per heavy atom. The molecule has 7 nitrogen and oxygen atoms in total. The summed E-state index contributed by atoms with van der Waals surface area (Å²) < 4.78 is 7.30. The summed E-state index contributed by atoms with van der Waals surface area (Å²) in [6.45, 7) is 7.18. The molecule has 8 heteroatoms. The van der Waals surface area contributed by atoms with Gasteiger partial charge in [0.05, 0.1) is 5.75 Å². The summed E-state index contributed by atoms with van der Waals surface area (Å²) in [5.41, 5.74) is 2.13. The second kappa shape index (κ2) is 8.65. The summed E-state index contributed by atoms with van der Waals surface area (Å²) in [6, 6.07) is 6.32. The molecular weight excluding hydrogens is 362 g/mol. The van der Waals surface area contributed by atoms with E-state index in [0.717, 1.165) is 36.3 Å². The van der Waals surface area contributed by atoms with E-state index in [1.807, 2.05) is 36.9 Å². The third-order valence-electron chi connectivity index (χ3n) is 4.94. The summed E-state index contributed by atoms with van der Waals surface area (Å²) in [4.78, 5) is 14.4. The van der Waals surface area contributed by atoms with E-state index in [9.17, 15) is 4.79 Å². The molecule has 0 spiro atoms. The summed E-state index contributed by atoms with van der Waals surface area (Å²) in [6.07, 6.45) is 3.34. The fourth-order valence-corrected chi connectivity index (χ4v) is 4.11. The zero-order valence-corrected chi connectivity index (χ0v) is 17.0. The molecule has 1 aromatic carbocycles. The minimum absolute atomic E-state index is 0.128. The summed E-state index contributed by atoms with van der Waals surface area (Å²) in [5.74, 6) is 7.91. The normalized spacial score (nSPS) is 17.1. The molecule has 1 aliphatic rings. The van der Waals surface area contributed by atoms with E-state index >= 15 is 0 Å². The van der Waals surface area contributed by atoms with E-state index in [4.69, 9.17) is 10.6 Å². The molecule has 1 saturated heterocycles. The molecule has 2 aromatic rings. The number of hydrogen-bond donors (Lipinski definition) is 1. The number of nitrogens with zero attached hydrogens (tertiary/aromatic N) is 4. The Morgan fingerprint density at radius 2 is 2.04 bits per heavy atom. The highest BCUT2D eigenvalue weighted by atomic mass is 32.2. The molecule has 1 aliphatic heterocycles. The highest BCUT2D eigenvalue weighted by molar-refractivity contribution is 7.99. The highest BCUT2D eigenvalue weighted by Crippen LogP contribution is 2.24. The van der Waals surface area contributed by atoms with Crippen LogP contribution in [0.15, 0.2) is 23.4 Å². The molecule has 1 fully saturated rings. The maximum Gasteiger partial charge on any atom is 0.233 e. The zero-order valence-electron chi connectivity index (χ0n) is 16.1. The van der Waals surface area contributed by atoms with E-state index in [1.165, 1.54) is 22.9 Å². The summed E-state index contributed by atoms with van der Waals surface area (Å²) in [5, 5.41) is 8.74. The Bertz CT molecular complexity index is 787. The first-order chi connectivity index (χ1) is 13.0. The van der Waals surface area contributed by atoms with Crippen molar-refractivity contribution in [1.82, 2.24) is 19.8 Å². The number of amides is 1. The van der Waals surface area contributed by atoms with Crippen LogP contribution in [0.3, 0.4) is 0 Å². The molecule has 0 saturated carbocycles. The van der Waals surface area contributed by atoms with Crippen LogP contribution < -0.4 is 10.6 Å². The summed E-state index contributed by atoms with van der Waals surface area (Å²) in [7, 11) is 0. The van der Waals surface area contributed by atoms with Gasteiger partial charge >= 0.3 is 0 Å². The van der Waals surface area contributed by atoms with E-state index in [2.05, 4.69) is 17.1 Å². The first-order valence-electron chi connectivity index (χ1n) is 9.28. The van der Waals surface area contributed by atoms with Crippen molar-refractivity contribution in [3.8, 4) is 5.75 Å². The van der Waals surface area contributed by atoms with Crippen LogP contribution in [0.5, 0.6) is 5.75 Å². The van der Waals surface area contributed by atoms with Crippen molar-refractivity contribution in [2.45, 2.75) is 57.8 Å². The van der Waals surface area contributed by atoms with Crippen LogP contribution in [0, 0.1) is 13.8 Å². The maximum absolute atomic E-state index is 12.5. The quantitative estimate of drug-likeness (QED) is 0.604.